The molecule has 2 aromatic heterocycles. The fourth-order valence-electron chi connectivity index (χ4n) is 3.11. The van der Waals surface area contributed by atoms with Gasteiger partial charge in [0.2, 0.25) is 5.88 Å². The molecule has 0 bridgehead atoms. The minimum Gasteiger partial charge on any atom is -0.467 e. The molecule has 0 saturated heterocycles. The Balaban J connectivity index is 1.95. The summed E-state index contributed by atoms with van der Waals surface area (Å²) in [6, 6.07) is 6.86. The summed E-state index contributed by atoms with van der Waals surface area (Å²) in [5, 5.41) is 13.1. The van der Waals surface area contributed by atoms with Crippen molar-refractivity contribution in [3.05, 3.63) is 63.4 Å². The Morgan fingerprint density at radius 3 is 2.66 bits per heavy atom. The van der Waals surface area contributed by atoms with Crippen molar-refractivity contribution in [2.24, 2.45) is 5.16 Å². The standard InChI is InChI=1S/C23H21Cl2F3N6O4/c1-3-38-31-8-7-30-21(35)15-10-14(24)9-13(2)19(15)32-22(36)17-11-18(37-12-23(26,27)28)33-34(17)20-16(25)5-4-6-29-20/h4-6,8-11H,3,7,12H2,1-2H3,(H,30,35)(H,32,36)/b31-8+. The molecule has 3 rings (SSSR count). The summed E-state index contributed by atoms with van der Waals surface area (Å²) in [5.41, 5.74) is 0.321. The first-order chi connectivity index (χ1) is 18.0. The van der Waals surface area contributed by atoms with E-state index in [9.17, 15) is 22.8 Å². The predicted molar refractivity (Wildman–Crippen MR) is 135 cm³/mol. The largest absolute Gasteiger partial charge is 0.467 e. The third-order valence-electron chi connectivity index (χ3n) is 4.66. The molecule has 0 saturated carbocycles. The summed E-state index contributed by atoms with van der Waals surface area (Å²) in [5.74, 6) is -1.93. The quantitative estimate of drug-likeness (QED) is 0.265. The number of carbonyl (C=O) groups is 2. The van der Waals surface area contributed by atoms with Crippen LogP contribution in [-0.4, -0.2) is 58.7 Å². The van der Waals surface area contributed by atoms with Crippen LogP contribution in [0.25, 0.3) is 5.82 Å². The molecule has 202 valence electrons. The molecule has 10 nitrogen and oxygen atoms in total. The monoisotopic (exact) mass is 572 g/mol. The van der Waals surface area contributed by atoms with Gasteiger partial charge in [-0.2, -0.15) is 13.2 Å². The molecular weight excluding hydrogens is 552 g/mol. The zero-order valence-corrected chi connectivity index (χ0v) is 21.5. The Hall–Kier alpha value is -3.84. The molecule has 2 heterocycles. The van der Waals surface area contributed by atoms with Crippen LogP contribution in [0.5, 0.6) is 5.88 Å². The van der Waals surface area contributed by atoms with Crippen molar-refractivity contribution < 1.29 is 32.3 Å². The average molecular weight is 573 g/mol. The van der Waals surface area contributed by atoms with Gasteiger partial charge in [0.05, 0.1) is 29.0 Å². The molecule has 0 atom stereocenters. The molecule has 1 aromatic carbocycles. The van der Waals surface area contributed by atoms with Crippen molar-refractivity contribution in [2.45, 2.75) is 20.0 Å². The first kappa shape index (κ1) is 28.7. The van der Waals surface area contributed by atoms with Gasteiger partial charge in [0, 0.05) is 17.3 Å². The van der Waals surface area contributed by atoms with Gasteiger partial charge in [0.1, 0.15) is 12.3 Å². The van der Waals surface area contributed by atoms with Crippen LogP contribution in [0.3, 0.4) is 0 Å². The average Bonchev–Trinajstić information content (AvgIpc) is 3.28. The lowest BCUT2D eigenvalue weighted by Crippen LogP contribution is -2.27. The van der Waals surface area contributed by atoms with Crippen molar-refractivity contribution in [3.8, 4) is 11.7 Å². The van der Waals surface area contributed by atoms with Gasteiger partial charge < -0.3 is 20.2 Å². The van der Waals surface area contributed by atoms with Gasteiger partial charge in [-0.3, -0.25) is 9.59 Å². The number of aryl methyl sites for hydroxylation is 1. The van der Waals surface area contributed by atoms with Gasteiger partial charge in [-0.15, -0.1) is 5.10 Å². The van der Waals surface area contributed by atoms with E-state index in [1.165, 1.54) is 36.7 Å². The first-order valence-electron chi connectivity index (χ1n) is 10.9. The number of alkyl halides is 3. The Bertz CT molecular complexity index is 1350. The number of hydrogen-bond donors (Lipinski definition) is 2. The maximum atomic E-state index is 13.4. The van der Waals surface area contributed by atoms with E-state index in [0.29, 0.717) is 12.2 Å². The molecule has 0 aliphatic rings. The smallest absolute Gasteiger partial charge is 0.422 e. The van der Waals surface area contributed by atoms with Crippen LogP contribution >= 0.6 is 23.2 Å². The lowest BCUT2D eigenvalue weighted by molar-refractivity contribution is -0.154. The molecule has 0 aliphatic heterocycles. The van der Waals surface area contributed by atoms with Crippen molar-refractivity contribution in [2.75, 3.05) is 25.1 Å². The number of anilines is 1. The van der Waals surface area contributed by atoms with Crippen molar-refractivity contribution in [1.82, 2.24) is 20.1 Å². The Morgan fingerprint density at radius 2 is 1.97 bits per heavy atom. The second-order valence-electron chi connectivity index (χ2n) is 7.51. The van der Waals surface area contributed by atoms with Crippen LogP contribution in [0, 0.1) is 6.92 Å². The van der Waals surface area contributed by atoms with Gasteiger partial charge in [-0.05, 0) is 43.7 Å². The molecule has 2 N–H and O–H groups in total. The number of benzene rings is 1. The number of hydrogen-bond acceptors (Lipinski definition) is 7. The van der Waals surface area contributed by atoms with E-state index < -0.39 is 30.5 Å². The Morgan fingerprint density at radius 1 is 1.21 bits per heavy atom. The van der Waals surface area contributed by atoms with E-state index >= 15 is 0 Å². The molecule has 3 aromatic rings. The molecule has 15 heteroatoms. The molecule has 38 heavy (non-hydrogen) atoms. The van der Waals surface area contributed by atoms with Crippen LogP contribution in [0.15, 0.2) is 41.7 Å². The second kappa shape index (κ2) is 12.6. The number of ether oxygens (including phenoxy) is 1. The zero-order chi connectivity index (χ0) is 27.9. The Labute approximate surface area is 224 Å². The number of nitrogens with one attached hydrogen (secondary N) is 2. The Kier molecular flexibility index (Phi) is 9.53. The van der Waals surface area contributed by atoms with E-state index in [1.54, 1.807) is 13.8 Å². The highest BCUT2D eigenvalue weighted by atomic mass is 35.5. The van der Waals surface area contributed by atoms with E-state index in [0.717, 1.165) is 10.7 Å². The summed E-state index contributed by atoms with van der Waals surface area (Å²) >= 11 is 12.3. The molecule has 0 aliphatic carbocycles. The van der Waals surface area contributed by atoms with Gasteiger partial charge in [0.15, 0.2) is 12.4 Å². The molecule has 0 spiro atoms. The number of halogens is 5. The highest BCUT2D eigenvalue weighted by Crippen LogP contribution is 2.28. The normalized spacial score (nSPS) is 11.4. The lowest BCUT2D eigenvalue weighted by Gasteiger charge is -2.15. The van der Waals surface area contributed by atoms with Crippen LogP contribution in [0.2, 0.25) is 10.0 Å². The summed E-state index contributed by atoms with van der Waals surface area (Å²) in [7, 11) is 0. The number of pyridine rings is 1. The lowest BCUT2D eigenvalue weighted by atomic mass is 10.1. The van der Waals surface area contributed by atoms with Crippen LogP contribution in [0.1, 0.15) is 33.3 Å². The van der Waals surface area contributed by atoms with E-state index in [-0.39, 0.29) is 39.4 Å². The number of rotatable bonds is 10. The topological polar surface area (TPSA) is 120 Å². The van der Waals surface area contributed by atoms with Crippen molar-refractivity contribution >= 4 is 46.9 Å². The summed E-state index contributed by atoms with van der Waals surface area (Å²) in [6.45, 7) is 2.12. The van der Waals surface area contributed by atoms with Gasteiger partial charge >= 0.3 is 6.18 Å². The van der Waals surface area contributed by atoms with Crippen LogP contribution in [-0.2, 0) is 4.84 Å². The SMILES string of the molecule is CCO/N=C/CNC(=O)c1cc(Cl)cc(C)c1NC(=O)c1cc(OCC(F)(F)F)nn1-c1ncccc1Cl. The molecule has 2 amide bonds. The fraction of sp³-hybridized carbons (Fsp3) is 0.261. The first-order valence-corrected chi connectivity index (χ1v) is 11.7. The third-order valence-corrected chi connectivity index (χ3v) is 5.17. The van der Waals surface area contributed by atoms with Gasteiger partial charge in [0.25, 0.3) is 11.8 Å². The predicted octanol–water partition coefficient (Wildman–Crippen LogP) is 4.83. The summed E-state index contributed by atoms with van der Waals surface area (Å²) in [6.07, 6.45) is -1.93. The van der Waals surface area contributed by atoms with E-state index in [4.69, 9.17) is 32.8 Å². The van der Waals surface area contributed by atoms with Crippen LogP contribution < -0.4 is 15.4 Å². The number of carbonyl (C=O) groups excluding carboxylic acids is 2. The van der Waals surface area contributed by atoms with E-state index in [2.05, 4.69) is 25.9 Å². The molecule has 0 fully saturated rings. The second-order valence-corrected chi connectivity index (χ2v) is 8.35. The summed E-state index contributed by atoms with van der Waals surface area (Å²) in [4.78, 5) is 35.1. The zero-order valence-electron chi connectivity index (χ0n) is 20.0. The van der Waals surface area contributed by atoms with Crippen molar-refractivity contribution in [1.29, 1.82) is 0 Å². The van der Waals surface area contributed by atoms with E-state index in [1.807, 2.05) is 0 Å². The summed E-state index contributed by atoms with van der Waals surface area (Å²) < 4.78 is 43.7. The minimum atomic E-state index is -4.63. The van der Waals surface area contributed by atoms with Crippen LogP contribution in [0.4, 0.5) is 18.9 Å². The highest BCUT2D eigenvalue weighted by molar-refractivity contribution is 6.32. The molecule has 0 radical (unpaired) electrons. The number of aromatic nitrogens is 3. The molecular formula is C23H21Cl2F3N6O4. The van der Waals surface area contributed by atoms with Crippen molar-refractivity contribution in [3.63, 3.8) is 0 Å². The molecule has 0 unspecified atom stereocenters. The minimum absolute atomic E-state index is 0.0273. The maximum absolute atomic E-state index is 13.4. The fourth-order valence-corrected chi connectivity index (χ4v) is 3.58. The number of amides is 2. The maximum Gasteiger partial charge on any atom is 0.422 e. The van der Waals surface area contributed by atoms with Gasteiger partial charge in [-0.25, -0.2) is 9.67 Å². The third kappa shape index (κ3) is 7.59. The van der Waals surface area contributed by atoms with Gasteiger partial charge in [-0.1, -0.05) is 28.4 Å². The highest BCUT2D eigenvalue weighted by Gasteiger charge is 2.30. The number of oxime groups is 1. The number of nitrogens with zero attached hydrogens (tertiary/aromatic N) is 4.